The van der Waals surface area contributed by atoms with Gasteiger partial charge in [-0.3, -0.25) is 4.79 Å². The third-order valence-electron chi connectivity index (χ3n) is 4.90. The number of carbonyl (C=O) groups is 2. The molecule has 0 aromatic heterocycles. The van der Waals surface area contributed by atoms with Gasteiger partial charge in [0.15, 0.2) is 0 Å². The SMILES string of the molecule is CCOC(=O)N1CCC[C@H](C(=O)Nc2ccccc2-c2ccc(OC)cc2)C1. The maximum Gasteiger partial charge on any atom is 0.409 e. The lowest BCUT2D eigenvalue weighted by molar-refractivity contribution is -0.121. The van der Waals surface area contributed by atoms with E-state index in [0.717, 1.165) is 35.4 Å². The zero-order valence-corrected chi connectivity index (χ0v) is 16.3. The standard InChI is InChI=1S/C22H26N2O4/c1-3-28-22(26)24-14-6-7-17(15-24)21(25)23-20-9-5-4-8-19(20)16-10-12-18(27-2)13-11-16/h4-5,8-13,17H,3,6-7,14-15H2,1-2H3,(H,23,25)/t17-/m0/s1. The fourth-order valence-corrected chi connectivity index (χ4v) is 3.42. The molecule has 6 nitrogen and oxygen atoms in total. The van der Waals surface area contributed by atoms with E-state index in [-0.39, 0.29) is 17.9 Å². The number of benzene rings is 2. The van der Waals surface area contributed by atoms with Crippen LogP contribution in [-0.2, 0) is 9.53 Å². The second-order valence-electron chi connectivity index (χ2n) is 6.75. The molecule has 1 fully saturated rings. The Hall–Kier alpha value is -3.02. The van der Waals surface area contributed by atoms with Crippen LogP contribution in [0.1, 0.15) is 19.8 Å². The van der Waals surface area contributed by atoms with Gasteiger partial charge in [0.2, 0.25) is 5.91 Å². The molecule has 0 radical (unpaired) electrons. The summed E-state index contributed by atoms with van der Waals surface area (Å²) in [5.41, 5.74) is 2.69. The average molecular weight is 382 g/mol. The first kappa shape index (κ1) is 19.7. The Labute approximate surface area is 165 Å². The van der Waals surface area contributed by atoms with E-state index in [0.29, 0.717) is 19.7 Å². The van der Waals surface area contributed by atoms with Gasteiger partial charge in [0.05, 0.1) is 19.6 Å². The minimum absolute atomic E-state index is 0.0741. The van der Waals surface area contributed by atoms with Gasteiger partial charge in [0.25, 0.3) is 0 Å². The summed E-state index contributed by atoms with van der Waals surface area (Å²) in [5, 5.41) is 3.05. The van der Waals surface area contributed by atoms with Gasteiger partial charge < -0.3 is 19.7 Å². The van der Waals surface area contributed by atoms with Crippen molar-refractivity contribution in [1.82, 2.24) is 4.90 Å². The van der Waals surface area contributed by atoms with Gasteiger partial charge in [0, 0.05) is 24.3 Å². The fraction of sp³-hybridized carbons (Fsp3) is 0.364. The molecule has 0 saturated carbocycles. The molecule has 0 aliphatic carbocycles. The number of rotatable bonds is 5. The summed E-state index contributed by atoms with van der Waals surface area (Å²) in [6.45, 7) is 3.13. The number of methoxy groups -OCH3 is 1. The fourth-order valence-electron chi connectivity index (χ4n) is 3.42. The van der Waals surface area contributed by atoms with Crippen LogP contribution >= 0.6 is 0 Å². The van der Waals surface area contributed by atoms with E-state index in [1.807, 2.05) is 48.5 Å². The molecule has 1 atom stereocenters. The molecule has 0 bridgehead atoms. The maximum absolute atomic E-state index is 12.9. The van der Waals surface area contributed by atoms with Crippen LogP contribution in [0, 0.1) is 5.92 Å². The lowest BCUT2D eigenvalue weighted by atomic mass is 9.96. The molecule has 3 rings (SSSR count). The smallest absolute Gasteiger partial charge is 0.409 e. The zero-order chi connectivity index (χ0) is 19.9. The van der Waals surface area contributed by atoms with Gasteiger partial charge in [-0.15, -0.1) is 0 Å². The molecule has 0 unspecified atom stereocenters. The van der Waals surface area contributed by atoms with Crippen molar-refractivity contribution in [2.45, 2.75) is 19.8 Å². The number of piperidine rings is 1. The summed E-state index contributed by atoms with van der Waals surface area (Å²) in [5.74, 6) is 0.462. The minimum Gasteiger partial charge on any atom is -0.497 e. The van der Waals surface area contributed by atoms with Crippen molar-refractivity contribution >= 4 is 17.7 Å². The molecule has 1 heterocycles. The molecule has 1 N–H and O–H groups in total. The van der Waals surface area contributed by atoms with E-state index >= 15 is 0 Å². The van der Waals surface area contributed by atoms with E-state index in [4.69, 9.17) is 9.47 Å². The maximum atomic E-state index is 12.9. The molecule has 148 valence electrons. The topological polar surface area (TPSA) is 67.9 Å². The highest BCUT2D eigenvalue weighted by Crippen LogP contribution is 2.30. The predicted molar refractivity (Wildman–Crippen MR) is 108 cm³/mol. The van der Waals surface area contributed by atoms with Crippen molar-refractivity contribution in [3.8, 4) is 16.9 Å². The lowest BCUT2D eigenvalue weighted by Gasteiger charge is -2.31. The third-order valence-corrected chi connectivity index (χ3v) is 4.90. The zero-order valence-electron chi connectivity index (χ0n) is 16.3. The minimum atomic E-state index is -0.348. The molecule has 2 aromatic carbocycles. The van der Waals surface area contributed by atoms with Gasteiger partial charge in [0.1, 0.15) is 5.75 Å². The Kier molecular flexibility index (Phi) is 6.53. The highest BCUT2D eigenvalue weighted by Gasteiger charge is 2.29. The Morgan fingerprint density at radius 2 is 1.89 bits per heavy atom. The van der Waals surface area contributed by atoms with Crippen molar-refractivity contribution in [2.24, 2.45) is 5.92 Å². The highest BCUT2D eigenvalue weighted by molar-refractivity contribution is 5.97. The van der Waals surface area contributed by atoms with E-state index in [1.54, 1.807) is 18.9 Å². The first-order valence-electron chi connectivity index (χ1n) is 9.58. The van der Waals surface area contributed by atoms with Crippen molar-refractivity contribution in [1.29, 1.82) is 0 Å². The van der Waals surface area contributed by atoms with Crippen molar-refractivity contribution in [3.05, 3.63) is 48.5 Å². The summed E-state index contributed by atoms with van der Waals surface area (Å²) < 4.78 is 10.3. The molecule has 2 aromatic rings. The highest BCUT2D eigenvalue weighted by atomic mass is 16.6. The van der Waals surface area contributed by atoms with E-state index in [9.17, 15) is 9.59 Å². The van der Waals surface area contributed by atoms with Crippen LogP contribution in [0.5, 0.6) is 5.75 Å². The predicted octanol–water partition coefficient (Wildman–Crippen LogP) is 4.17. The normalized spacial score (nSPS) is 16.4. The van der Waals surface area contributed by atoms with E-state index in [2.05, 4.69) is 5.32 Å². The van der Waals surface area contributed by atoms with Crippen molar-refractivity contribution in [2.75, 3.05) is 32.1 Å². The number of amides is 2. The number of hydrogen-bond donors (Lipinski definition) is 1. The Balaban J connectivity index is 1.72. The van der Waals surface area contributed by atoms with Gasteiger partial charge in [-0.05, 0) is 43.5 Å². The second kappa shape index (κ2) is 9.26. The molecule has 0 spiro atoms. The first-order valence-corrected chi connectivity index (χ1v) is 9.58. The molecular formula is C22H26N2O4. The molecule has 1 aliphatic rings. The average Bonchev–Trinajstić information content (AvgIpc) is 2.74. The quantitative estimate of drug-likeness (QED) is 0.843. The van der Waals surface area contributed by atoms with Crippen LogP contribution in [0.25, 0.3) is 11.1 Å². The summed E-state index contributed by atoms with van der Waals surface area (Å²) in [7, 11) is 1.63. The number of nitrogens with zero attached hydrogens (tertiary/aromatic N) is 1. The third kappa shape index (κ3) is 4.63. The first-order chi connectivity index (χ1) is 13.6. The number of anilines is 1. The Bertz CT molecular complexity index is 820. The number of nitrogens with one attached hydrogen (secondary N) is 1. The van der Waals surface area contributed by atoms with Crippen LogP contribution in [0.2, 0.25) is 0 Å². The van der Waals surface area contributed by atoms with Crippen LogP contribution in [-0.4, -0.2) is 43.7 Å². The van der Waals surface area contributed by atoms with Gasteiger partial charge in [-0.2, -0.15) is 0 Å². The summed E-state index contributed by atoms with van der Waals surface area (Å²) >= 11 is 0. The molecule has 6 heteroatoms. The van der Waals surface area contributed by atoms with Crippen LogP contribution in [0.15, 0.2) is 48.5 Å². The molecule has 1 saturated heterocycles. The van der Waals surface area contributed by atoms with Gasteiger partial charge in [-0.25, -0.2) is 4.79 Å². The summed E-state index contributed by atoms with van der Waals surface area (Å²) in [6, 6.07) is 15.4. The summed E-state index contributed by atoms with van der Waals surface area (Å²) in [4.78, 5) is 26.5. The van der Waals surface area contributed by atoms with Gasteiger partial charge >= 0.3 is 6.09 Å². The van der Waals surface area contributed by atoms with Crippen LogP contribution in [0.3, 0.4) is 0 Å². The van der Waals surface area contributed by atoms with Crippen molar-refractivity contribution in [3.63, 3.8) is 0 Å². The van der Waals surface area contributed by atoms with Crippen LogP contribution in [0.4, 0.5) is 10.5 Å². The van der Waals surface area contributed by atoms with Crippen LogP contribution < -0.4 is 10.1 Å². The monoisotopic (exact) mass is 382 g/mol. The van der Waals surface area contributed by atoms with E-state index in [1.165, 1.54) is 0 Å². The number of hydrogen-bond acceptors (Lipinski definition) is 4. The molecular weight excluding hydrogens is 356 g/mol. The number of carbonyl (C=O) groups excluding carboxylic acids is 2. The van der Waals surface area contributed by atoms with E-state index < -0.39 is 0 Å². The lowest BCUT2D eigenvalue weighted by Crippen LogP contribution is -2.44. The Morgan fingerprint density at radius 1 is 1.14 bits per heavy atom. The molecule has 2 amide bonds. The van der Waals surface area contributed by atoms with Gasteiger partial charge in [-0.1, -0.05) is 30.3 Å². The number of ether oxygens (including phenoxy) is 2. The molecule has 1 aliphatic heterocycles. The Morgan fingerprint density at radius 3 is 2.61 bits per heavy atom. The number of likely N-dealkylation sites (tertiary alicyclic amines) is 1. The van der Waals surface area contributed by atoms with Crippen molar-refractivity contribution < 1.29 is 19.1 Å². The largest absolute Gasteiger partial charge is 0.497 e. The molecule has 28 heavy (non-hydrogen) atoms. The summed E-state index contributed by atoms with van der Waals surface area (Å²) in [6.07, 6.45) is 1.20. The number of para-hydroxylation sites is 1. The second-order valence-corrected chi connectivity index (χ2v) is 6.75.